The van der Waals surface area contributed by atoms with Crippen LogP contribution in [-0.2, 0) is 0 Å². The van der Waals surface area contributed by atoms with E-state index in [2.05, 4.69) is 49.3 Å². The van der Waals surface area contributed by atoms with E-state index in [-0.39, 0.29) is 0 Å². The van der Waals surface area contributed by atoms with Gasteiger partial charge in [0, 0.05) is 34.8 Å². The SMILES string of the molecule is CN1CCC(Nc2ncnc3ccc(-c4c[nH]c5ncc(Cl)cc45)cc23)CC1. The molecule has 0 unspecified atom stereocenters. The van der Waals surface area contributed by atoms with Crippen LogP contribution in [-0.4, -0.2) is 51.0 Å². The minimum absolute atomic E-state index is 0.439. The van der Waals surface area contributed by atoms with Crippen molar-refractivity contribution in [2.75, 3.05) is 25.5 Å². The van der Waals surface area contributed by atoms with Crippen LogP contribution in [0.25, 0.3) is 33.1 Å². The number of nitrogens with zero attached hydrogens (tertiary/aromatic N) is 4. The fourth-order valence-corrected chi connectivity index (χ4v) is 4.06. The number of aromatic amines is 1. The lowest BCUT2D eigenvalue weighted by Gasteiger charge is -2.30. The predicted octanol–water partition coefficient (Wildman–Crippen LogP) is 4.33. The molecule has 5 rings (SSSR count). The molecule has 0 aliphatic carbocycles. The summed E-state index contributed by atoms with van der Waals surface area (Å²) in [6.07, 6.45) is 7.50. The van der Waals surface area contributed by atoms with Gasteiger partial charge in [0.2, 0.25) is 0 Å². The van der Waals surface area contributed by atoms with Gasteiger partial charge in [0.25, 0.3) is 0 Å². The van der Waals surface area contributed by atoms with Gasteiger partial charge >= 0.3 is 0 Å². The molecule has 1 aliphatic rings. The van der Waals surface area contributed by atoms with Crippen molar-refractivity contribution in [3.05, 3.63) is 48.0 Å². The molecule has 0 saturated carbocycles. The summed E-state index contributed by atoms with van der Waals surface area (Å²) in [6, 6.07) is 8.66. The van der Waals surface area contributed by atoms with E-state index in [1.54, 1.807) is 12.5 Å². The summed E-state index contributed by atoms with van der Waals surface area (Å²) in [5.74, 6) is 0.900. The number of fused-ring (bicyclic) bond motifs is 2. The van der Waals surface area contributed by atoms with E-state index in [1.807, 2.05) is 18.3 Å². The van der Waals surface area contributed by atoms with Gasteiger partial charge in [0.15, 0.2) is 0 Å². The number of pyridine rings is 1. The van der Waals surface area contributed by atoms with Crippen molar-refractivity contribution in [3.63, 3.8) is 0 Å². The number of anilines is 1. The zero-order chi connectivity index (χ0) is 19.1. The van der Waals surface area contributed by atoms with E-state index in [0.29, 0.717) is 11.1 Å². The minimum Gasteiger partial charge on any atom is -0.367 e. The predicted molar refractivity (Wildman–Crippen MR) is 114 cm³/mol. The van der Waals surface area contributed by atoms with Gasteiger partial charge in [-0.15, -0.1) is 0 Å². The molecule has 7 heteroatoms. The average molecular weight is 393 g/mol. The maximum Gasteiger partial charge on any atom is 0.137 e. The molecule has 28 heavy (non-hydrogen) atoms. The molecule has 0 bridgehead atoms. The smallest absolute Gasteiger partial charge is 0.137 e. The highest BCUT2D eigenvalue weighted by atomic mass is 35.5. The van der Waals surface area contributed by atoms with Crippen molar-refractivity contribution in [1.82, 2.24) is 24.8 Å². The highest BCUT2D eigenvalue weighted by molar-refractivity contribution is 6.31. The third kappa shape index (κ3) is 3.19. The van der Waals surface area contributed by atoms with E-state index in [0.717, 1.165) is 64.8 Å². The van der Waals surface area contributed by atoms with E-state index in [4.69, 9.17) is 11.6 Å². The average Bonchev–Trinajstić information content (AvgIpc) is 3.13. The number of benzene rings is 1. The van der Waals surface area contributed by atoms with Crippen molar-refractivity contribution < 1.29 is 0 Å². The Morgan fingerprint density at radius 2 is 1.96 bits per heavy atom. The summed E-state index contributed by atoms with van der Waals surface area (Å²) in [5.41, 5.74) is 3.92. The van der Waals surface area contributed by atoms with Crippen LogP contribution in [0.1, 0.15) is 12.8 Å². The lowest BCUT2D eigenvalue weighted by atomic mass is 10.0. The minimum atomic E-state index is 0.439. The van der Waals surface area contributed by atoms with Gasteiger partial charge in [-0.2, -0.15) is 0 Å². The highest BCUT2D eigenvalue weighted by Crippen LogP contribution is 2.32. The Hall–Kier alpha value is -2.70. The van der Waals surface area contributed by atoms with Crippen LogP contribution in [0.2, 0.25) is 5.02 Å². The van der Waals surface area contributed by atoms with Gasteiger partial charge in [0.05, 0.1) is 10.5 Å². The van der Waals surface area contributed by atoms with Crippen LogP contribution in [0, 0.1) is 0 Å². The lowest BCUT2D eigenvalue weighted by molar-refractivity contribution is 0.264. The molecule has 1 aromatic carbocycles. The Morgan fingerprint density at radius 3 is 2.82 bits per heavy atom. The van der Waals surface area contributed by atoms with Crippen molar-refractivity contribution in [2.45, 2.75) is 18.9 Å². The van der Waals surface area contributed by atoms with E-state index >= 15 is 0 Å². The van der Waals surface area contributed by atoms with E-state index in [1.165, 1.54) is 0 Å². The second-order valence-electron chi connectivity index (χ2n) is 7.43. The molecule has 0 radical (unpaired) electrons. The maximum absolute atomic E-state index is 6.16. The largest absolute Gasteiger partial charge is 0.367 e. The Morgan fingerprint density at radius 1 is 1.11 bits per heavy atom. The first-order chi connectivity index (χ1) is 13.7. The molecule has 1 fully saturated rings. The zero-order valence-corrected chi connectivity index (χ0v) is 16.4. The molecular formula is C21H21ClN6. The van der Waals surface area contributed by atoms with Crippen LogP contribution < -0.4 is 5.32 Å². The summed E-state index contributed by atoms with van der Waals surface area (Å²) in [4.78, 5) is 18.9. The quantitative estimate of drug-likeness (QED) is 0.543. The zero-order valence-electron chi connectivity index (χ0n) is 15.6. The van der Waals surface area contributed by atoms with Gasteiger partial charge in [-0.25, -0.2) is 15.0 Å². The third-order valence-electron chi connectivity index (χ3n) is 5.50. The van der Waals surface area contributed by atoms with Crippen molar-refractivity contribution >= 4 is 39.4 Å². The van der Waals surface area contributed by atoms with Gasteiger partial charge in [0.1, 0.15) is 17.8 Å². The molecule has 142 valence electrons. The normalized spacial score (nSPS) is 16.1. The number of aromatic nitrogens is 4. The molecule has 1 saturated heterocycles. The van der Waals surface area contributed by atoms with Crippen LogP contribution in [0.4, 0.5) is 5.82 Å². The summed E-state index contributed by atoms with van der Waals surface area (Å²) in [6.45, 7) is 2.21. The first-order valence-corrected chi connectivity index (χ1v) is 9.88. The number of hydrogen-bond donors (Lipinski definition) is 2. The fraction of sp³-hybridized carbons (Fsp3) is 0.286. The van der Waals surface area contributed by atoms with Crippen LogP contribution in [0.5, 0.6) is 0 Å². The number of likely N-dealkylation sites (tertiary alicyclic amines) is 1. The number of nitrogens with one attached hydrogen (secondary N) is 2. The second kappa shape index (κ2) is 7.04. The molecule has 2 N–H and O–H groups in total. The van der Waals surface area contributed by atoms with Crippen molar-refractivity contribution in [3.8, 4) is 11.1 Å². The first-order valence-electron chi connectivity index (χ1n) is 9.50. The molecule has 0 amide bonds. The van der Waals surface area contributed by atoms with Crippen LogP contribution in [0.15, 0.2) is 43.0 Å². The molecule has 3 aromatic heterocycles. The fourth-order valence-electron chi connectivity index (χ4n) is 3.90. The van der Waals surface area contributed by atoms with Gasteiger partial charge in [-0.05, 0) is 56.7 Å². The Balaban J connectivity index is 1.55. The van der Waals surface area contributed by atoms with Crippen molar-refractivity contribution in [2.24, 2.45) is 0 Å². The number of H-pyrrole nitrogens is 1. The van der Waals surface area contributed by atoms with Crippen molar-refractivity contribution in [1.29, 1.82) is 0 Å². The summed E-state index contributed by atoms with van der Waals surface area (Å²) >= 11 is 6.16. The summed E-state index contributed by atoms with van der Waals surface area (Å²) in [7, 11) is 2.17. The van der Waals surface area contributed by atoms with E-state index in [9.17, 15) is 0 Å². The van der Waals surface area contributed by atoms with Crippen LogP contribution in [0.3, 0.4) is 0 Å². The molecule has 1 aliphatic heterocycles. The van der Waals surface area contributed by atoms with Gasteiger partial charge in [-0.1, -0.05) is 17.7 Å². The van der Waals surface area contributed by atoms with E-state index < -0.39 is 0 Å². The third-order valence-corrected chi connectivity index (χ3v) is 5.71. The molecular weight excluding hydrogens is 372 g/mol. The lowest BCUT2D eigenvalue weighted by Crippen LogP contribution is -2.36. The molecule has 4 aromatic rings. The first kappa shape index (κ1) is 17.4. The summed E-state index contributed by atoms with van der Waals surface area (Å²) < 4.78 is 0. The van der Waals surface area contributed by atoms with Gasteiger partial charge < -0.3 is 15.2 Å². The second-order valence-corrected chi connectivity index (χ2v) is 7.86. The summed E-state index contributed by atoms with van der Waals surface area (Å²) in [5, 5.41) is 6.31. The molecule has 0 atom stereocenters. The molecule has 0 spiro atoms. The highest BCUT2D eigenvalue weighted by Gasteiger charge is 2.18. The maximum atomic E-state index is 6.16. The Kier molecular flexibility index (Phi) is 4.37. The van der Waals surface area contributed by atoms with Gasteiger partial charge in [-0.3, -0.25) is 0 Å². The number of piperidine rings is 1. The Bertz CT molecular complexity index is 1150. The Labute approximate surface area is 168 Å². The molecule has 6 nitrogen and oxygen atoms in total. The standard InChI is InChI=1S/C21H21ClN6/c1-28-6-4-15(5-7-28)27-21-17-8-13(2-3-19(17)25-12-26-21)18-11-24-20-16(18)9-14(22)10-23-20/h2-3,8-12,15H,4-7H2,1H3,(H,23,24)(H,25,26,27). The number of hydrogen-bond acceptors (Lipinski definition) is 5. The molecule has 4 heterocycles. The number of rotatable bonds is 3. The number of halogens is 1. The monoisotopic (exact) mass is 392 g/mol. The topological polar surface area (TPSA) is 69.7 Å². The van der Waals surface area contributed by atoms with Crippen LogP contribution >= 0.6 is 11.6 Å².